The van der Waals surface area contributed by atoms with Crippen LogP contribution in [0, 0.1) is 5.92 Å². The fraction of sp³-hybridized carbons (Fsp3) is 0.842. The molecule has 0 fully saturated rings. The summed E-state index contributed by atoms with van der Waals surface area (Å²) < 4.78 is 32.4. The van der Waals surface area contributed by atoms with E-state index in [9.17, 15) is 17.8 Å². The predicted molar refractivity (Wildman–Crippen MR) is 102 cm³/mol. The minimum atomic E-state index is -4.20. The van der Waals surface area contributed by atoms with E-state index >= 15 is 0 Å². The Morgan fingerprint density at radius 2 is 1.50 bits per heavy atom. The molecule has 0 radical (unpaired) electrons. The quantitative estimate of drug-likeness (QED) is 0.173. The zero-order valence-corrected chi connectivity index (χ0v) is 19.6. The number of rotatable bonds is 17. The van der Waals surface area contributed by atoms with Gasteiger partial charge in [0, 0.05) is 12.3 Å². The molecule has 0 rings (SSSR count). The summed E-state index contributed by atoms with van der Waals surface area (Å²) in [5.41, 5.74) is 0. The third kappa shape index (κ3) is 20.4. The zero-order chi connectivity index (χ0) is 19.0. The predicted octanol–water partition coefficient (Wildman–Crippen LogP) is 1.16. The second kappa shape index (κ2) is 18.5. The summed E-state index contributed by atoms with van der Waals surface area (Å²) in [5, 5.41) is 2.70. The maximum atomic E-state index is 11.3. The van der Waals surface area contributed by atoms with Crippen LogP contribution in [0.1, 0.15) is 84.0 Å². The summed E-state index contributed by atoms with van der Waals surface area (Å²) in [5.74, 6) is -0.598. The molecule has 0 bridgehead atoms. The molecule has 7 heteroatoms. The third-order valence-electron chi connectivity index (χ3n) is 4.49. The number of carbonyl (C=O) groups is 1. The molecule has 0 saturated heterocycles. The van der Waals surface area contributed by atoms with E-state index in [0.29, 0.717) is 13.0 Å². The Hall–Kier alpha value is 0.120. The van der Waals surface area contributed by atoms with Gasteiger partial charge in [-0.25, -0.2) is 8.42 Å². The average molecular weight is 398 g/mol. The van der Waals surface area contributed by atoms with Crippen LogP contribution in [0.15, 0.2) is 12.7 Å². The van der Waals surface area contributed by atoms with Crippen molar-refractivity contribution in [3.8, 4) is 0 Å². The smallest absolute Gasteiger partial charge is 0.748 e. The number of amides is 1. The normalized spacial score (nSPS) is 12.2. The molecule has 0 aliphatic carbocycles. The molecule has 0 aromatic carbocycles. The Bertz CT molecular complexity index is 454. The van der Waals surface area contributed by atoms with Crippen LogP contribution in [-0.2, 0) is 14.9 Å². The Morgan fingerprint density at radius 1 is 1.00 bits per heavy atom. The van der Waals surface area contributed by atoms with Crippen LogP contribution in [0.5, 0.6) is 0 Å². The number of hydrogen-bond donors (Lipinski definition) is 1. The Morgan fingerprint density at radius 3 is 1.96 bits per heavy atom. The Labute approximate surface area is 182 Å². The van der Waals surface area contributed by atoms with Crippen molar-refractivity contribution < 1.29 is 47.3 Å². The molecule has 1 atom stereocenters. The zero-order valence-electron chi connectivity index (χ0n) is 16.8. The summed E-state index contributed by atoms with van der Waals surface area (Å²) in [6.07, 6.45) is 14.8. The van der Waals surface area contributed by atoms with E-state index in [4.69, 9.17) is 0 Å². The van der Waals surface area contributed by atoms with Gasteiger partial charge in [-0.3, -0.25) is 4.79 Å². The average Bonchev–Trinajstić information content (AvgIpc) is 2.57. The van der Waals surface area contributed by atoms with Gasteiger partial charge in [-0.05, 0) is 24.8 Å². The first-order chi connectivity index (χ1) is 11.9. The summed E-state index contributed by atoms with van der Waals surface area (Å²) in [4.78, 5) is 11.3. The molecule has 0 heterocycles. The maximum Gasteiger partial charge on any atom is 1.00 e. The van der Waals surface area contributed by atoms with Crippen molar-refractivity contribution in [2.45, 2.75) is 84.0 Å². The van der Waals surface area contributed by atoms with Gasteiger partial charge in [-0.2, -0.15) is 0 Å². The standard InChI is InChI=1S/C19H37NO4S.Na/c1-3-5-6-7-8-9-10-11-12-13-14-18(15-16-25(22,23)24)17-20-19(21)4-2;/h4,18H,2-3,5-17H2,1H3,(H,20,21)(H,22,23,24);/q;+1/p-1. The van der Waals surface area contributed by atoms with Gasteiger partial charge in [-0.1, -0.05) is 77.7 Å². The van der Waals surface area contributed by atoms with E-state index in [-0.39, 0.29) is 47.1 Å². The van der Waals surface area contributed by atoms with Crippen molar-refractivity contribution in [3.05, 3.63) is 12.7 Å². The summed E-state index contributed by atoms with van der Waals surface area (Å²) in [7, 11) is -4.20. The van der Waals surface area contributed by atoms with Crippen molar-refractivity contribution >= 4 is 16.0 Å². The van der Waals surface area contributed by atoms with Gasteiger partial charge in [-0.15, -0.1) is 0 Å². The van der Waals surface area contributed by atoms with Crippen molar-refractivity contribution in [2.75, 3.05) is 12.3 Å². The summed E-state index contributed by atoms with van der Waals surface area (Å²) in [6, 6.07) is 0. The fourth-order valence-corrected chi connectivity index (χ4v) is 3.52. The van der Waals surface area contributed by atoms with Gasteiger partial charge in [0.2, 0.25) is 5.91 Å². The van der Waals surface area contributed by atoms with Crippen LogP contribution in [0.25, 0.3) is 0 Å². The van der Waals surface area contributed by atoms with Crippen LogP contribution in [0.2, 0.25) is 0 Å². The molecular weight excluding hydrogens is 361 g/mol. The molecule has 26 heavy (non-hydrogen) atoms. The summed E-state index contributed by atoms with van der Waals surface area (Å²) >= 11 is 0. The monoisotopic (exact) mass is 397 g/mol. The van der Waals surface area contributed by atoms with Crippen molar-refractivity contribution in [1.82, 2.24) is 5.32 Å². The van der Waals surface area contributed by atoms with Gasteiger partial charge < -0.3 is 9.87 Å². The van der Waals surface area contributed by atoms with E-state index in [0.717, 1.165) is 19.3 Å². The van der Waals surface area contributed by atoms with Crippen molar-refractivity contribution in [1.29, 1.82) is 0 Å². The van der Waals surface area contributed by atoms with Crippen molar-refractivity contribution in [2.24, 2.45) is 5.92 Å². The molecule has 0 aliphatic rings. The van der Waals surface area contributed by atoms with E-state index in [1.807, 2.05) is 0 Å². The Balaban J connectivity index is 0. The molecule has 0 aliphatic heterocycles. The first kappa shape index (κ1) is 28.3. The van der Waals surface area contributed by atoms with Gasteiger partial charge in [0.25, 0.3) is 0 Å². The van der Waals surface area contributed by atoms with E-state index < -0.39 is 10.1 Å². The van der Waals surface area contributed by atoms with E-state index in [1.165, 1.54) is 57.4 Å². The summed E-state index contributed by atoms with van der Waals surface area (Å²) in [6.45, 7) is 6.02. The van der Waals surface area contributed by atoms with Crippen LogP contribution >= 0.6 is 0 Å². The first-order valence-corrected chi connectivity index (χ1v) is 11.3. The fourth-order valence-electron chi connectivity index (χ4n) is 2.90. The second-order valence-corrected chi connectivity index (χ2v) is 8.36. The second-order valence-electron chi connectivity index (χ2n) is 6.84. The van der Waals surface area contributed by atoms with E-state index in [2.05, 4.69) is 18.8 Å². The SMILES string of the molecule is C=CC(=O)NCC(CCCCCCCCCCCC)CCS(=O)(=O)[O-].[Na+]. The number of unbranched alkanes of at least 4 members (excludes halogenated alkanes) is 9. The number of carbonyl (C=O) groups excluding carboxylic acids is 1. The van der Waals surface area contributed by atoms with Crippen molar-refractivity contribution in [3.63, 3.8) is 0 Å². The van der Waals surface area contributed by atoms with Crippen LogP contribution in [-0.4, -0.2) is 31.2 Å². The minimum absolute atomic E-state index is 0. The van der Waals surface area contributed by atoms with E-state index in [1.54, 1.807) is 0 Å². The largest absolute Gasteiger partial charge is 1.00 e. The van der Waals surface area contributed by atoms with Crippen LogP contribution in [0.4, 0.5) is 0 Å². The number of nitrogens with one attached hydrogen (secondary N) is 1. The molecule has 0 aromatic heterocycles. The molecule has 0 saturated carbocycles. The molecule has 1 unspecified atom stereocenters. The van der Waals surface area contributed by atoms with Gasteiger partial charge in [0.15, 0.2) is 0 Å². The molecule has 1 N–H and O–H groups in total. The maximum absolute atomic E-state index is 11.3. The topological polar surface area (TPSA) is 86.3 Å². The molecule has 0 aromatic rings. The minimum Gasteiger partial charge on any atom is -0.748 e. The molecule has 1 amide bonds. The van der Waals surface area contributed by atoms with Gasteiger partial charge >= 0.3 is 29.6 Å². The first-order valence-electron chi connectivity index (χ1n) is 9.73. The third-order valence-corrected chi connectivity index (χ3v) is 5.23. The van der Waals surface area contributed by atoms with Crippen LogP contribution in [0.3, 0.4) is 0 Å². The molecular formula is C19H36NNaO4S. The molecule has 0 spiro atoms. The van der Waals surface area contributed by atoms with Crippen LogP contribution < -0.4 is 34.9 Å². The Kier molecular flexibility index (Phi) is 20.1. The van der Waals surface area contributed by atoms with Gasteiger partial charge in [0.1, 0.15) is 0 Å². The molecule has 148 valence electrons. The number of hydrogen-bond acceptors (Lipinski definition) is 4. The van der Waals surface area contributed by atoms with Gasteiger partial charge in [0.05, 0.1) is 10.1 Å². The molecule has 5 nitrogen and oxygen atoms in total.